The van der Waals surface area contributed by atoms with E-state index in [1.165, 1.54) is 0 Å². The van der Waals surface area contributed by atoms with Crippen LogP contribution in [0.4, 0.5) is 5.82 Å². The van der Waals surface area contributed by atoms with Crippen LogP contribution in [0.15, 0.2) is 30.6 Å². The molecule has 0 aromatic carbocycles. The lowest BCUT2D eigenvalue weighted by molar-refractivity contribution is 1.22. The van der Waals surface area contributed by atoms with Crippen molar-refractivity contribution in [3.63, 3.8) is 0 Å². The van der Waals surface area contributed by atoms with E-state index in [0.29, 0.717) is 0 Å². The quantitative estimate of drug-likeness (QED) is 0.751. The molecule has 2 heteroatoms. The first-order valence-electron chi connectivity index (χ1n) is 4.54. The monoisotopic (exact) mass is 178 g/mol. The second kappa shape index (κ2) is 6.23. The van der Waals surface area contributed by atoms with Gasteiger partial charge in [0, 0.05) is 11.9 Å². The zero-order valence-electron chi connectivity index (χ0n) is 8.89. The first kappa shape index (κ1) is 11.7. The first-order chi connectivity index (χ1) is 6.20. The second-order valence-electron chi connectivity index (χ2n) is 2.57. The molecule has 0 aliphatic heterocycles. The number of nitrogens with zero attached hydrogens (tertiary/aromatic N) is 1. The summed E-state index contributed by atoms with van der Waals surface area (Å²) in [5, 5.41) is 3.07. The second-order valence-corrected chi connectivity index (χ2v) is 2.57. The molecule has 0 aliphatic carbocycles. The van der Waals surface area contributed by atoms with E-state index in [2.05, 4.69) is 16.9 Å². The van der Waals surface area contributed by atoms with E-state index in [9.17, 15) is 0 Å². The summed E-state index contributed by atoms with van der Waals surface area (Å²) < 4.78 is 0. The summed E-state index contributed by atoms with van der Waals surface area (Å²) in [6.07, 6.45) is 1.76. The van der Waals surface area contributed by atoms with Gasteiger partial charge >= 0.3 is 0 Å². The van der Waals surface area contributed by atoms with Gasteiger partial charge in [-0.25, -0.2) is 4.98 Å². The van der Waals surface area contributed by atoms with E-state index in [1.807, 2.05) is 39.8 Å². The lowest BCUT2D eigenvalue weighted by atomic mass is 10.3. The van der Waals surface area contributed by atoms with Crippen molar-refractivity contribution in [2.24, 2.45) is 0 Å². The van der Waals surface area contributed by atoms with Gasteiger partial charge < -0.3 is 5.32 Å². The number of hydrogen-bond acceptors (Lipinski definition) is 2. The highest BCUT2D eigenvalue weighted by molar-refractivity contribution is 5.46. The van der Waals surface area contributed by atoms with Gasteiger partial charge in [-0.15, -0.1) is 0 Å². The third-order valence-electron chi connectivity index (χ3n) is 1.34. The Morgan fingerprint density at radius 3 is 2.54 bits per heavy atom. The van der Waals surface area contributed by atoms with Gasteiger partial charge in [-0.05, 0) is 25.5 Å². The molecule has 1 aromatic rings. The van der Waals surface area contributed by atoms with Crippen molar-refractivity contribution in [1.82, 2.24) is 4.98 Å². The van der Waals surface area contributed by atoms with E-state index >= 15 is 0 Å². The smallest absolute Gasteiger partial charge is 0.132 e. The highest BCUT2D eigenvalue weighted by atomic mass is 15.0. The maximum atomic E-state index is 4.15. The van der Waals surface area contributed by atoms with Crippen LogP contribution in [0, 0.1) is 6.92 Å². The Morgan fingerprint density at radius 2 is 2.08 bits per heavy atom. The molecule has 1 heterocycles. The predicted molar refractivity (Wildman–Crippen MR) is 58.8 cm³/mol. The standard InChI is InChI=1S/C9H12N2.C2H6/c1-7(2)11-9-8(3)5-4-6-10-9;1-2/h4-6H,1H2,2-3H3,(H,10,11);1-2H3. The minimum Gasteiger partial charge on any atom is -0.344 e. The molecule has 0 atom stereocenters. The van der Waals surface area contributed by atoms with Crippen LogP contribution in [-0.4, -0.2) is 4.98 Å². The molecule has 0 spiro atoms. The molecule has 72 valence electrons. The minimum absolute atomic E-state index is 0.889. The molecular weight excluding hydrogens is 160 g/mol. The average molecular weight is 178 g/mol. The number of aromatic nitrogens is 1. The van der Waals surface area contributed by atoms with Gasteiger partial charge in [0.15, 0.2) is 0 Å². The van der Waals surface area contributed by atoms with Crippen molar-refractivity contribution >= 4 is 5.82 Å². The Balaban J connectivity index is 0.000000671. The Bertz CT molecular complexity index is 267. The van der Waals surface area contributed by atoms with Crippen LogP contribution in [0.3, 0.4) is 0 Å². The van der Waals surface area contributed by atoms with Crippen molar-refractivity contribution in [3.05, 3.63) is 36.2 Å². The van der Waals surface area contributed by atoms with Crippen LogP contribution < -0.4 is 5.32 Å². The number of rotatable bonds is 2. The molecule has 1 rings (SSSR count). The average Bonchev–Trinajstić information content (AvgIpc) is 2.12. The highest BCUT2D eigenvalue weighted by Crippen LogP contribution is 2.10. The summed E-state index contributed by atoms with van der Waals surface area (Å²) in [5.74, 6) is 0.889. The number of allylic oxidation sites excluding steroid dienone is 1. The Kier molecular flexibility index (Phi) is 5.60. The van der Waals surface area contributed by atoms with Gasteiger partial charge in [-0.3, -0.25) is 0 Å². The summed E-state index contributed by atoms with van der Waals surface area (Å²) in [7, 11) is 0. The maximum absolute atomic E-state index is 4.15. The Morgan fingerprint density at radius 1 is 1.46 bits per heavy atom. The summed E-state index contributed by atoms with van der Waals surface area (Å²) in [6, 6.07) is 3.93. The zero-order valence-corrected chi connectivity index (χ0v) is 8.89. The van der Waals surface area contributed by atoms with Crippen molar-refractivity contribution in [1.29, 1.82) is 0 Å². The van der Waals surface area contributed by atoms with Crippen LogP contribution in [-0.2, 0) is 0 Å². The van der Waals surface area contributed by atoms with E-state index in [0.717, 1.165) is 17.1 Å². The fourth-order valence-electron chi connectivity index (χ4n) is 0.819. The van der Waals surface area contributed by atoms with Crippen LogP contribution in [0.5, 0.6) is 0 Å². The van der Waals surface area contributed by atoms with E-state index in [1.54, 1.807) is 6.20 Å². The number of anilines is 1. The molecule has 0 saturated carbocycles. The Labute approximate surface area is 80.7 Å². The molecule has 0 aliphatic rings. The zero-order chi connectivity index (χ0) is 10.3. The van der Waals surface area contributed by atoms with E-state index < -0.39 is 0 Å². The molecule has 0 bridgehead atoms. The summed E-state index contributed by atoms with van der Waals surface area (Å²) in [6.45, 7) is 11.7. The van der Waals surface area contributed by atoms with Crippen molar-refractivity contribution in [2.45, 2.75) is 27.7 Å². The molecule has 0 saturated heterocycles. The summed E-state index contributed by atoms with van der Waals surface area (Å²) >= 11 is 0. The lowest BCUT2D eigenvalue weighted by Gasteiger charge is -2.05. The topological polar surface area (TPSA) is 24.9 Å². The van der Waals surface area contributed by atoms with Gasteiger partial charge in [-0.1, -0.05) is 26.5 Å². The van der Waals surface area contributed by atoms with Gasteiger partial charge in [0.05, 0.1) is 0 Å². The van der Waals surface area contributed by atoms with E-state index in [-0.39, 0.29) is 0 Å². The molecule has 0 radical (unpaired) electrons. The van der Waals surface area contributed by atoms with Crippen LogP contribution in [0.25, 0.3) is 0 Å². The number of aryl methyl sites for hydroxylation is 1. The van der Waals surface area contributed by atoms with Crippen LogP contribution >= 0.6 is 0 Å². The number of hydrogen-bond donors (Lipinski definition) is 1. The fraction of sp³-hybridized carbons (Fsp3) is 0.364. The van der Waals surface area contributed by atoms with Crippen LogP contribution in [0.1, 0.15) is 26.3 Å². The maximum Gasteiger partial charge on any atom is 0.132 e. The van der Waals surface area contributed by atoms with Crippen molar-refractivity contribution in [2.75, 3.05) is 5.32 Å². The third kappa shape index (κ3) is 4.31. The van der Waals surface area contributed by atoms with Gasteiger partial charge in [0.2, 0.25) is 0 Å². The molecular formula is C11H18N2. The molecule has 0 fully saturated rings. The fourth-order valence-corrected chi connectivity index (χ4v) is 0.819. The highest BCUT2D eigenvalue weighted by Gasteiger charge is 1.95. The van der Waals surface area contributed by atoms with Gasteiger partial charge in [-0.2, -0.15) is 0 Å². The number of pyridine rings is 1. The van der Waals surface area contributed by atoms with Gasteiger partial charge in [0.25, 0.3) is 0 Å². The molecule has 1 aromatic heterocycles. The lowest BCUT2D eigenvalue weighted by Crippen LogP contribution is -1.97. The molecule has 0 amide bonds. The first-order valence-corrected chi connectivity index (χ1v) is 4.54. The Hall–Kier alpha value is -1.31. The van der Waals surface area contributed by atoms with Gasteiger partial charge in [0.1, 0.15) is 5.82 Å². The normalized spacial score (nSPS) is 8.31. The molecule has 0 unspecified atom stereocenters. The SMILES string of the molecule is C=C(C)Nc1ncccc1C.CC. The summed E-state index contributed by atoms with van der Waals surface area (Å²) in [4.78, 5) is 4.15. The molecule has 1 N–H and O–H groups in total. The molecule has 13 heavy (non-hydrogen) atoms. The predicted octanol–water partition coefficient (Wildman–Crippen LogP) is 3.36. The number of nitrogens with one attached hydrogen (secondary N) is 1. The minimum atomic E-state index is 0.889. The van der Waals surface area contributed by atoms with Crippen LogP contribution in [0.2, 0.25) is 0 Å². The largest absolute Gasteiger partial charge is 0.344 e. The van der Waals surface area contributed by atoms with Crippen molar-refractivity contribution < 1.29 is 0 Å². The summed E-state index contributed by atoms with van der Waals surface area (Å²) in [5.41, 5.74) is 2.04. The van der Waals surface area contributed by atoms with Crippen molar-refractivity contribution in [3.8, 4) is 0 Å². The molecule has 2 nitrogen and oxygen atoms in total. The third-order valence-corrected chi connectivity index (χ3v) is 1.34. The van der Waals surface area contributed by atoms with E-state index in [4.69, 9.17) is 0 Å².